The predicted molar refractivity (Wildman–Crippen MR) is 84.4 cm³/mol. The Labute approximate surface area is 121 Å². The van der Waals surface area contributed by atoms with Crippen molar-refractivity contribution in [3.63, 3.8) is 0 Å². The zero-order valence-corrected chi connectivity index (χ0v) is 12.5. The lowest BCUT2D eigenvalue weighted by molar-refractivity contribution is 0.173. The van der Waals surface area contributed by atoms with Crippen LogP contribution in [0.25, 0.3) is 10.9 Å². The molecule has 0 aliphatic heterocycles. The average Bonchev–Trinajstić information content (AvgIpc) is 2.46. The molecular formula is C18H24N2. The van der Waals surface area contributed by atoms with Crippen molar-refractivity contribution in [2.24, 2.45) is 17.1 Å². The predicted octanol–water partition coefficient (Wildman–Crippen LogP) is 4.45. The Morgan fingerprint density at radius 3 is 2.70 bits per heavy atom. The summed E-state index contributed by atoms with van der Waals surface area (Å²) in [5.74, 6) is 0.622. The van der Waals surface area contributed by atoms with Gasteiger partial charge in [-0.1, -0.05) is 26.0 Å². The van der Waals surface area contributed by atoms with Crippen LogP contribution in [-0.4, -0.2) is 4.98 Å². The van der Waals surface area contributed by atoms with Crippen LogP contribution in [0, 0.1) is 11.3 Å². The molecule has 1 unspecified atom stereocenters. The van der Waals surface area contributed by atoms with Gasteiger partial charge in [0, 0.05) is 17.6 Å². The highest BCUT2D eigenvalue weighted by Crippen LogP contribution is 2.42. The molecule has 2 heteroatoms. The van der Waals surface area contributed by atoms with Crippen LogP contribution < -0.4 is 5.73 Å². The molecule has 0 bridgehead atoms. The van der Waals surface area contributed by atoms with E-state index in [1.54, 1.807) is 0 Å². The fraction of sp³-hybridized carbons (Fsp3) is 0.500. The van der Waals surface area contributed by atoms with E-state index in [1.807, 2.05) is 12.3 Å². The van der Waals surface area contributed by atoms with E-state index in [-0.39, 0.29) is 6.04 Å². The summed E-state index contributed by atoms with van der Waals surface area (Å²) < 4.78 is 0. The maximum Gasteiger partial charge on any atom is 0.0702 e. The zero-order valence-electron chi connectivity index (χ0n) is 12.5. The minimum absolute atomic E-state index is 0.163. The second kappa shape index (κ2) is 5.17. The summed E-state index contributed by atoms with van der Waals surface area (Å²) in [7, 11) is 0. The van der Waals surface area contributed by atoms with Gasteiger partial charge in [-0.05, 0) is 60.8 Å². The lowest BCUT2D eigenvalue weighted by Crippen LogP contribution is -2.29. The molecule has 0 saturated heterocycles. The molecule has 0 spiro atoms. The SMILES string of the molecule is CC1(C)CCC(C(N)c2ccc3ncccc3c2)CC1. The van der Waals surface area contributed by atoms with E-state index in [9.17, 15) is 0 Å². The van der Waals surface area contributed by atoms with Crippen molar-refractivity contribution in [3.8, 4) is 0 Å². The third kappa shape index (κ3) is 2.71. The van der Waals surface area contributed by atoms with Crippen molar-refractivity contribution in [1.82, 2.24) is 4.98 Å². The molecule has 1 aliphatic rings. The number of fused-ring (bicyclic) bond motifs is 1. The minimum atomic E-state index is 0.163. The molecule has 1 fully saturated rings. The molecule has 1 aromatic heterocycles. The van der Waals surface area contributed by atoms with E-state index in [1.165, 1.54) is 36.6 Å². The summed E-state index contributed by atoms with van der Waals surface area (Å²) in [5.41, 5.74) is 9.34. The summed E-state index contributed by atoms with van der Waals surface area (Å²) in [6.45, 7) is 4.74. The number of pyridine rings is 1. The molecular weight excluding hydrogens is 244 g/mol. The molecule has 2 nitrogen and oxygen atoms in total. The third-order valence-electron chi connectivity index (χ3n) is 4.90. The Hall–Kier alpha value is -1.41. The van der Waals surface area contributed by atoms with Crippen LogP contribution in [0.3, 0.4) is 0 Å². The highest BCUT2D eigenvalue weighted by atomic mass is 14.7. The Balaban J connectivity index is 1.80. The van der Waals surface area contributed by atoms with Gasteiger partial charge in [-0.15, -0.1) is 0 Å². The number of nitrogens with two attached hydrogens (primary N) is 1. The molecule has 1 aromatic carbocycles. The maximum absolute atomic E-state index is 6.53. The van der Waals surface area contributed by atoms with Gasteiger partial charge in [0.2, 0.25) is 0 Å². The molecule has 2 N–H and O–H groups in total. The van der Waals surface area contributed by atoms with E-state index < -0.39 is 0 Å². The van der Waals surface area contributed by atoms with Crippen LogP contribution in [0.15, 0.2) is 36.5 Å². The van der Waals surface area contributed by atoms with Gasteiger partial charge in [-0.25, -0.2) is 0 Å². The molecule has 1 heterocycles. The summed E-state index contributed by atoms with van der Waals surface area (Å²) >= 11 is 0. The van der Waals surface area contributed by atoms with Crippen molar-refractivity contribution in [1.29, 1.82) is 0 Å². The summed E-state index contributed by atoms with van der Waals surface area (Å²) in [6.07, 6.45) is 6.92. The van der Waals surface area contributed by atoms with Crippen molar-refractivity contribution in [3.05, 3.63) is 42.1 Å². The Morgan fingerprint density at radius 2 is 1.95 bits per heavy atom. The number of aromatic nitrogens is 1. The second-order valence-electron chi connectivity index (χ2n) is 6.98. The first-order valence-electron chi connectivity index (χ1n) is 7.65. The Kier molecular flexibility index (Phi) is 3.51. The highest BCUT2D eigenvalue weighted by Gasteiger charge is 2.30. The van der Waals surface area contributed by atoms with E-state index in [0.717, 1.165) is 5.52 Å². The smallest absolute Gasteiger partial charge is 0.0702 e. The average molecular weight is 268 g/mol. The van der Waals surface area contributed by atoms with Crippen molar-refractivity contribution < 1.29 is 0 Å². The first-order chi connectivity index (χ1) is 9.55. The number of hydrogen-bond donors (Lipinski definition) is 1. The van der Waals surface area contributed by atoms with E-state index >= 15 is 0 Å². The van der Waals surface area contributed by atoms with Crippen LogP contribution in [0.4, 0.5) is 0 Å². The van der Waals surface area contributed by atoms with Gasteiger partial charge in [-0.3, -0.25) is 4.98 Å². The van der Waals surface area contributed by atoms with Gasteiger partial charge in [0.05, 0.1) is 5.52 Å². The monoisotopic (exact) mass is 268 g/mol. The van der Waals surface area contributed by atoms with E-state index in [2.05, 4.69) is 43.1 Å². The van der Waals surface area contributed by atoms with Crippen molar-refractivity contribution in [2.45, 2.75) is 45.6 Å². The van der Waals surface area contributed by atoms with Crippen molar-refractivity contribution in [2.75, 3.05) is 0 Å². The standard InChI is InChI=1S/C18H24N2/c1-18(2)9-7-13(8-10-18)17(19)15-5-6-16-14(12-15)4-3-11-20-16/h3-6,11-13,17H,7-10,19H2,1-2H3. The molecule has 1 saturated carbocycles. The quantitative estimate of drug-likeness (QED) is 0.874. The van der Waals surface area contributed by atoms with Gasteiger partial charge in [0.15, 0.2) is 0 Å². The molecule has 0 amide bonds. The Bertz CT molecular complexity index is 593. The van der Waals surface area contributed by atoms with Crippen molar-refractivity contribution >= 4 is 10.9 Å². The lowest BCUT2D eigenvalue weighted by Gasteiger charge is -2.37. The van der Waals surface area contributed by atoms with Gasteiger partial charge in [0.1, 0.15) is 0 Å². The van der Waals surface area contributed by atoms with E-state index in [4.69, 9.17) is 5.73 Å². The molecule has 1 aliphatic carbocycles. The minimum Gasteiger partial charge on any atom is -0.324 e. The number of hydrogen-bond acceptors (Lipinski definition) is 2. The number of benzene rings is 1. The Morgan fingerprint density at radius 1 is 1.20 bits per heavy atom. The van der Waals surface area contributed by atoms with E-state index in [0.29, 0.717) is 11.3 Å². The second-order valence-corrected chi connectivity index (χ2v) is 6.98. The molecule has 3 rings (SSSR count). The van der Waals surface area contributed by atoms with Crippen LogP contribution >= 0.6 is 0 Å². The molecule has 20 heavy (non-hydrogen) atoms. The fourth-order valence-electron chi connectivity index (χ4n) is 3.35. The maximum atomic E-state index is 6.53. The highest BCUT2D eigenvalue weighted by molar-refractivity contribution is 5.79. The largest absolute Gasteiger partial charge is 0.324 e. The van der Waals surface area contributed by atoms with Gasteiger partial charge < -0.3 is 5.73 Å². The van der Waals surface area contributed by atoms with Gasteiger partial charge in [0.25, 0.3) is 0 Å². The van der Waals surface area contributed by atoms with Crippen LogP contribution in [0.2, 0.25) is 0 Å². The zero-order chi connectivity index (χ0) is 14.2. The first-order valence-corrected chi connectivity index (χ1v) is 7.65. The fourth-order valence-corrected chi connectivity index (χ4v) is 3.35. The molecule has 106 valence electrons. The normalized spacial score (nSPS) is 20.9. The third-order valence-corrected chi connectivity index (χ3v) is 4.90. The lowest BCUT2D eigenvalue weighted by atomic mass is 9.70. The molecule has 1 atom stereocenters. The van der Waals surface area contributed by atoms with Gasteiger partial charge >= 0.3 is 0 Å². The number of rotatable bonds is 2. The summed E-state index contributed by atoms with van der Waals surface area (Å²) in [4.78, 5) is 4.37. The summed E-state index contributed by atoms with van der Waals surface area (Å²) in [5, 5.41) is 1.19. The topological polar surface area (TPSA) is 38.9 Å². The number of nitrogens with zero attached hydrogens (tertiary/aromatic N) is 1. The van der Waals surface area contributed by atoms with Gasteiger partial charge in [-0.2, -0.15) is 0 Å². The van der Waals surface area contributed by atoms with Crippen LogP contribution in [-0.2, 0) is 0 Å². The first kappa shape index (κ1) is 13.6. The van der Waals surface area contributed by atoms with Crippen LogP contribution in [0.1, 0.15) is 51.1 Å². The van der Waals surface area contributed by atoms with Crippen LogP contribution in [0.5, 0.6) is 0 Å². The summed E-state index contributed by atoms with van der Waals surface area (Å²) in [6, 6.07) is 10.7. The molecule has 0 radical (unpaired) electrons. The molecule has 2 aromatic rings.